The van der Waals surface area contributed by atoms with Gasteiger partial charge in [0.25, 0.3) is 11.8 Å². The molecule has 1 unspecified atom stereocenters. The number of carbonyl (C=O) groups is 4. The molecule has 1 atom stereocenters. The quantitative estimate of drug-likeness (QED) is 0.370. The Bertz CT molecular complexity index is 903. The minimum Gasteiger partial charge on any atom is -0.444 e. The van der Waals surface area contributed by atoms with Crippen molar-refractivity contribution in [3.63, 3.8) is 0 Å². The molecule has 0 N–H and O–H groups in total. The molecule has 1 aromatic carbocycles. The van der Waals surface area contributed by atoms with Gasteiger partial charge in [0, 0.05) is 6.54 Å². The number of hydrogen-bond donors (Lipinski definition) is 0. The van der Waals surface area contributed by atoms with Crippen LogP contribution in [-0.2, 0) is 23.8 Å². The summed E-state index contributed by atoms with van der Waals surface area (Å²) in [5, 5.41) is 0.401. The maximum atomic E-state index is 13.2. The number of rotatable bonds is 6. The van der Waals surface area contributed by atoms with Crippen molar-refractivity contribution in [2.45, 2.75) is 32.0 Å². The molecule has 1 aromatic rings. The van der Waals surface area contributed by atoms with E-state index in [9.17, 15) is 19.2 Å². The van der Waals surface area contributed by atoms with Crippen LogP contribution in [0.4, 0.5) is 4.79 Å². The van der Waals surface area contributed by atoms with Gasteiger partial charge in [0.2, 0.25) is 5.60 Å². The predicted molar refractivity (Wildman–Crippen MR) is 111 cm³/mol. The van der Waals surface area contributed by atoms with E-state index in [4.69, 9.17) is 19.0 Å². The minimum atomic E-state index is -1.77. The number of amides is 3. The molecule has 0 aliphatic carbocycles. The van der Waals surface area contributed by atoms with E-state index in [-0.39, 0.29) is 44.0 Å². The first-order valence-electron chi connectivity index (χ1n) is 10.1. The second kappa shape index (κ2) is 9.09. The van der Waals surface area contributed by atoms with Crippen molar-refractivity contribution in [2.75, 3.05) is 32.9 Å². The molecule has 32 heavy (non-hydrogen) atoms. The molecule has 0 saturated carbocycles. The Kier molecular flexibility index (Phi) is 6.65. The lowest BCUT2D eigenvalue weighted by Gasteiger charge is -2.40. The van der Waals surface area contributed by atoms with Crippen LogP contribution in [0, 0.1) is 0 Å². The summed E-state index contributed by atoms with van der Waals surface area (Å²) in [5.41, 5.74) is -2.25. The van der Waals surface area contributed by atoms with Crippen molar-refractivity contribution in [1.29, 1.82) is 0 Å². The normalized spacial score (nSPS) is 20.7. The molecule has 2 aliphatic heterocycles. The molecule has 172 valence electrons. The van der Waals surface area contributed by atoms with Crippen LogP contribution in [0.1, 0.15) is 41.5 Å². The first-order valence-corrected chi connectivity index (χ1v) is 10.1. The van der Waals surface area contributed by atoms with Crippen LogP contribution in [0.25, 0.3) is 0 Å². The SMILES string of the molecule is C=CCOCC1(C(=O)ON2C(=O)c3ccccc3C2=O)CN(C(=O)OC(C)(C)C)CCO1. The Morgan fingerprint density at radius 2 is 1.81 bits per heavy atom. The van der Waals surface area contributed by atoms with Crippen LogP contribution in [0.2, 0.25) is 0 Å². The highest BCUT2D eigenvalue weighted by atomic mass is 16.7. The largest absolute Gasteiger partial charge is 0.444 e. The van der Waals surface area contributed by atoms with E-state index in [1.54, 1.807) is 32.9 Å². The second-order valence-electron chi connectivity index (χ2n) is 8.38. The van der Waals surface area contributed by atoms with Gasteiger partial charge in [0.05, 0.1) is 37.5 Å². The summed E-state index contributed by atoms with van der Waals surface area (Å²) in [6, 6.07) is 6.13. The fraction of sp³-hybridized carbons (Fsp3) is 0.455. The van der Waals surface area contributed by atoms with Crippen LogP contribution in [-0.4, -0.2) is 78.0 Å². The number of imide groups is 1. The number of ether oxygens (including phenoxy) is 3. The molecule has 10 nitrogen and oxygen atoms in total. The smallest absolute Gasteiger partial charge is 0.410 e. The third-order valence-electron chi connectivity index (χ3n) is 4.71. The summed E-state index contributed by atoms with van der Waals surface area (Å²) in [6.07, 6.45) is 0.847. The first-order chi connectivity index (χ1) is 15.1. The fourth-order valence-electron chi connectivity index (χ4n) is 3.26. The number of morpholine rings is 1. The molecule has 3 rings (SSSR count). The Morgan fingerprint density at radius 3 is 2.38 bits per heavy atom. The maximum Gasteiger partial charge on any atom is 0.410 e. The molecule has 2 aliphatic rings. The summed E-state index contributed by atoms with van der Waals surface area (Å²) in [6.45, 7) is 8.47. The predicted octanol–water partition coefficient (Wildman–Crippen LogP) is 1.95. The Balaban J connectivity index is 1.81. The Hall–Kier alpha value is -3.24. The van der Waals surface area contributed by atoms with Gasteiger partial charge in [0.1, 0.15) is 5.60 Å². The van der Waals surface area contributed by atoms with Gasteiger partial charge in [-0.15, -0.1) is 6.58 Å². The molecule has 1 saturated heterocycles. The average Bonchev–Trinajstić information content (AvgIpc) is 2.98. The van der Waals surface area contributed by atoms with E-state index >= 15 is 0 Å². The van der Waals surface area contributed by atoms with Crippen LogP contribution in [0.3, 0.4) is 0 Å². The van der Waals surface area contributed by atoms with Gasteiger partial charge in [-0.2, -0.15) is 0 Å². The third-order valence-corrected chi connectivity index (χ3v) is 4.71. The highest BCUT2D eigenvalue weighted by Crippen LogP contribution is 2.27. The molecule has 0 spiro atoms. The molecule has 3 amide bonds. The monoisotopic (exact) mass is 446 g/mol. The van der Waals surface area contributed by atoms with Crippen molar-refractivity contribution in [3.8, 4) is 0 Å². The van der Waals surface area contributed by atoms with Gasteiger partial charge >= 0.3 is 12.1 Å². The zero-order chi connectivity index (χ0) is 23.5. The lowest BCUT2D eigenvalue weighted by Crippen LogP contribution is -2.62. The molecular weight excluding hydrogens is 420 g/mol. The van der Waals surface area contributed by atoms with Crippen molar-refractivity contribution in [1.82, 2.24) is 9.96 Å². The summed E-state index contributed by atoms with van der Waals surface area (Å²) in [5.74, 6) is -2.56. The van der Waals surface area contributed by atoms with Crippen LogP contribution < -0.4 is 0 Å². The Labute approximate surface area is 185 Å². The van der Waals surface area contributed by atoms with E-state index in [1.165, 1.54) is 23.1 Å². The van der Waals surface area contributed by atoms with Crippen LogP contribution in [0.5, 0.6) is 0 Å². The average molecular weight is 446 g/mol. The van der Waals surface area contributed by atoms with Gasteiger partial charge < -0.3 is 23.9 Å². The molecule has 0 radical (unpaired) electrons. The highest BCUT2D eigenvalue weighted by Gasteiger charge is 2.50. The van der Waals surface area contributed by atoms with E-state index in [0.717, 1.165) is 0 Å². The van der Waals surface area contributed by atoms with Crippen molar-refractivity contribution < 1.29 is 38.2 Å². The van der Waals surface area contributed by atoms with Crippen molar-refractivity contribution in [3.05, 3.63) is 48.0 Å². The Morgan fingerprint density at radius 1 is 1.19 bits per heavy atom. The van der Waals surface area contributed by atoms with Gasteiger partial charge in [-0.25, -0.2) is 9.59 Å². The molecule has 2 heterocycles. The van der Waals surface area contributed by atoms with E-state index in [0.29, 0.717) is 5.06 Å². The topological polar surface area (TPSA) is 112 Å². The van der Waals surface area contributed by atoms with E-state index in [2.05, 4.69) is 6.58 Å². The van der Waals surface area contributed by atoms with Gasteiger partial charge in [-0.05, 0) is 32.9 Å². The number of carbonyl (C=O) groups excluding carboxylic acids is 4. The minimum absolute atomic E-state index is 0.00604. The second-order valence-corrected chi connectivity index (χ2v) is 8.38. The van der Waals surface area contributed by atoms with E-state index in [1.807, 2.05) is 0 Å². The van der Waals surface area contributed by atoms with Crippen molar-refractivity contribution in [2.24, 2.45) is 0 Å². The summed E-state index contributed by atoms with van der Waals surface area (Å²) in [7, 11) is 0. The standard InChI is InChI=1S/C22H26N2O8/c1-5-11-29-14-22(13-23(10-12-30-22)20(28)31-21(2,3)4)19(27)32-24-17(25)15-8-6-7-9-16(15)18(24)26/h5-9H,1,10-14H2,2-4H3. The number of hydroxylamine groups is 2. The van der Waals surface area contributed by atoms with Gasteiger partial charge in [-0.3, -0.25) is 9.59 Å². The highest BCUT2D eigenvalue weighted by molar-refractivity contribution is 6.21. The van der Waals surface area contributed by atoms with Gasteiger partial charge in [0.15, 0.2) is 0 Å². The van der Waals surface area contributed by atoms with Crippen LogP contribution in [0.15, 0.2) is 36.9 Å². The maximum absolute atomic E-state index is 13.2. The van der Waals surface area contributed by atoms with E-state index < -0.39 is 35.1 Å². The number of fused-ring (bicyclic) bond motifs is 1. The fourth-order valence-corrected chi connectivity index (χ4v) is 3.26. The molecule has 0 bridgehead atoms. The molecule has 1 fully saturated rings. The molecular formula is C22H26N2O8. The lowest BCUT2D eigenvalue weighted by atomic mass is 10.0. The third kappa shape index (κ3) is 4.81. The summed E-state index contributed by atoms with van der Waals surface area (Å²) in [4.78, 5) is 57.4. The lowest BCUT2D eigenvalue weighted by molar-refractivity contribution is -0.212. The molecule has 10 heteroatoms. The zero-order valence-electron chi connectivity index (χ0n) is 18.3. The summed E-state index contributed by atoms with van der Waals surface area (Å²) >= 11 is 0. The van der Waals surface area contributed by atoms with Gasteiger partial charge in [-0.1, -0.05) is 23.3 Å². The number of benzene rings is 1. The van der Waals surface area contributed by atoms with Crippen molar-refractivity contribution >= 4 is 23.9 Å². The summed E-state index contributed by atoms with van der Waals surface area (Å²) < 4.78 is 16.5. The molecule has 0 aromatic heterocycles. The van der Waals surface area contributed by atoms with Crippen LogP contribution >= 0.6 is 0 Å². The first kappa shape index (κ1) is 23.4. The number of nitrogens with zero attached hydrogens (tertiary/aromatic N) is 2. The number of hydrogen-bond acceptors (Lipinski definition) is 8. The zero-order valence-corrected chi connectivity index (χ0v) is 18.3.